The number of carboxylic acid groups (broad SMARTS) is 1. The van der Waals surface area contributed by atoms with E-state index in [1.807, 2.05) is 19.1 Å². The van der Waals surface area contributed by atoms with Crippen LogP contribution in [0.2, 0.25) is 0 Å². The first kappa shape index (κ1) is 17.2. The van der Waals surface area contributed by atoms with Gasteiger partial charge in [-0.3, -0.25) is 5.43 Å². The van der Waals surface area contributed by atoms with Crippen molar-refractivity contribution >= 4 is 40.5 Å². The Kier molecular flexibility index (Phi) is 4.56. The second-order valence-corrected chi connectivity index (χ2v) is 7.21. The number of benzene rings is 3. The summed E-state index contributed by atoms with van der Waals surface area (Å²) in [6.07, 6.45) is 0. The first-order chi connectivity index (χ1) is 13.1. The van der Waals surface area contributed by atoms with Gasteiger partial charge in [0.15, 0.2) is 0 Å². The van der Waals surface area contributed by atoms with E-state index < -0.39 is 5.97 Å². The molecule has 0 saturated heterocycles. The van der Waals surface area contributed by atoms with Gasteiger partial charge in [-0.1, -0.05) is 30.0 Å². The van der Waals surface area contributed by atoms with E-state index in [4.69, 9.17) is 5.11 Å². The SMILES string of the molecule is C/C(=N\Nc1ccc(C(=O)O)cc1)c1ccc2c(c1)Nc1ccccc1S2. The predicted molar refractivity (Wildman–Crippen MR) is 110 cm³/mol. The molecule has 0 aromatic heterocycles. The molecule has 1 aliphatic heterocycles. The van der Waals surface area contributed by atoms with Crippen LogP contribution in [0.4, 0.5) is 17.1 Å². The second-order valence-electron chi connectivity index (χ2n) is 6.13. The van der Waals surface area contributed by atoms with Crippen molar-refractivity contribution < 1.29 is 9.90 Å². The van der Waals surface area contributed by atoms with Gasteiger partial charge in [-0.15, -0.1) is 0 Å². The summed E-state index contributed by atoms with van der Waals surface area (Å²) in [5.74, 6) is -0.942. The molecule has 0 unspecified atom stereocenters. The topological polar surface area (TPSA) is 73.7 Å². The van der Waals surface area contributed by atoms with Gasteiger partial charge in [-0.25, -0.2) is 4.79 Å². The highest BCUT2D eigenvalue weighted by atomic mass is 32.2. The monoisotopic (exact) mass is 375 g/mol. The van der Waals surface area contributed by atoms with Crippen LogP contribution in [0.1, 0.15) is 22.8 Å². The quantitative estimate of drug-likeness (QED) is 0.328. The number of hydrazone groups is 1. The fourth-order valence-electron chi connectivity index (χ4n) is 2.76. The number of hydrogen-bond acceptors (Lipinski definition) is 5. The number of hydrogen-bond donors (Lipinski definition) is 3. The number of rotatable bonds is 4. The summed E-state index contributed by atoms with van der Waals surface area (Å²) in [6, 6.07) is 21.0. The molecule has 4 rings (SSSR count). The van der Waals surface area contributed by atoms with Gasteiger partial charge in [0, 0.05) is 9.79 Å². The number of carboxylic acids is 1. The Balaban J connectivity index is 1.52. The molecule has 0 spiro atoms. The Bertz CT molecular complexity index is 1050. The van der Waals surface area contributed by atoms with Crippen molar-refractivity contribution in [1.82, 2.24) is 0 Å². The molecule has 134 valence electrons. The summed E-state index contributed by atoms with van der Waals surface area (Å²) in [5, 5.41) is 16.8. The molecule has 0 bridgehead atoms. The largest absolute Gasteiger partial charge is 0.478 e. The van der Waals surface area contributed by atoms with Crippen LogP contribution in [0.3, 0.4) is 0 Å². The van der Waals surface area contributed by atoms with Gasteiger partial charge < -0.3 is 10.4 Å². The van der Waals surface area contributed by atoms with Crippen molar-refractivity contribution in [3.05, 3.63) is 77.9 Å². The number of fused-ring (bicyclic) bond motifs is 2. The number of nitrogens with one attached hydrogen (secondary N) is 2. The van der Waals surface area contributed by atoms with Crippen molar-refractivity contribution in [2.24, 2.45) is 5.10 Å². The number of nitrogens with zero attached hydrogens (tertiary/aromatic N) is 1. The van der Waals surface area contributed by atoms with Crippen molar-refractivity contribution in [3.8, 4) is 0 Å². The van der Waals surface area contributed by atoms with E-state index in [9.17, 15) is 4.79 Å². The number of carbonyl (C=O) groups is 1. The summed E-state index contributed by atoms with van der Waals surface area (Å²) in [6.45, 7) is 1.93. The number of para-hydroxylation sites is 1. The molecule has 0 aliphatic carbocycles. The van der Waals surface area contributed by atoms with E-state index in [1.54, 1.807) is 36.0 Å². The average Bonchev–Trinajstić information content (AvgIpc) is 2.70. The van der Waals surface area contributed by atoms with Crippen molar-refractivity contribution in [2.75, 3.05) is 10.7 Å². The fraction of sp³-hybridized carbons (Fsp3) is 0.0476. The van der Waals surface area contributed by atoms with Crippen LogP contribution in [0.5, 0.6) is 0 Å². The lowest BCUT2D eigenvalue weighted by atomic mass is 10.1. The lowest BCUT2D eigenvalue weighted by molar-refractivity contribution is 0.0697. The predicted octanol–water partition coefficient (Wildman–Crippen LogP) is 5.43. The maximum atomic E-state index is 10.9. The Morgan fingerprint density at radius 1 is 0.963 bits per heavy atom. The molecule has 5 nitrogen and oxygen atoms in total. The van der Waals surface area contributed by atoms with Crippen LogP contribution in [0.15, 0.2) is 81.6 Å². The molecule has 1 heterocycles. The minimum absolute atomic E-state index is 0.250. The van der Waals surface area contributed by atoms with E-state index in [0.717, 1.165) is 28.3 Å². The summed E-state index contributed by atoms with van der Waals surface area (Å²) in [5.41, 5.74) is 7.98. The lowest BCUT2D eigenvalue weighted by Gasteiger charge is -2.21. The van der Waals surface area contributed by atoms with Gasteiger partial charge in [0.1, 0.15) is 0 Å². The molecular formula is C21H17N3O2S. The van der Waals surface area contributed by atoms with E-state index in [1.165, 1.54) is 9.79 Å². The molecular weight excluding hydrogens is 358 g/mol. The minimum Gasteiger partial charge on any atom is -0.478 e. The molecule has 0 radical (unpaired) electrons. The maximum Gasteiger partial charge on any atom is 0.335 e. The Labute approximate surface area is 161 Å². The zero-order valence-corrected chi connectivity index (χ0v) is 15.4. The smallest absolute Gasteiger partial charge is 0.335 e. The van der Waals surface area contributed by atoms with Crippen molar-refractivity contribution in [1.29, 1.82) is 0 Å². The van der Waals surface area contributed by atoms with E-state index >= 15 is 0 Å². The molecule has 3 aromatic carbocycles. The molecule has 6 heteroatoms. The lowest BCUT2D eigenvalue weighted by Crippen LogP contribution is -2.04. The zero-order valence-electron chi connectivity index (χ0n) is 14.6. The molecule has 0 amide bonds. The van der Waals surface area contributed by atoms with E-state index in [-0.39, 0.29) is 5.56 Å². The summed E-state index contributed by atoms with van der Waals surface area (Å²) in [7, 11) is 0. The molecule has 0 saturated carbocycles. The summed E-state index contributed by atoms with van der Waals surface area (Å²) >= 11 is 1.75. The van der Waals surface area contributed by atoms with Crippen LogP contribution in [-0.4, -0.2) is 16.8 Å². The van der Waals surface area contributed by atoms with Crippen molar-refractivity contribution in [2.45, 2.75) is 16.7 Å². The van der Waals surface area contributed by atoms with E-state index in [2.05, 4.69) is 46.2 Å². The number of aromatic carboxylic acids is 1. The Morgan fingerprint density at radius 2 is 1.67 bits per heavy atom. The van der Waals surface area contributed by atoms with Gasteiger partial charge in [0.25, 0.3) is 0 Å². The normalized spacial score (nSPS) is 12.6. The van der Waals surface area contributed by atoms with Crippen LogP contribution in [-0.2, 0) is 0 Å². The third kappa shape index (κ3) is 3.66. The molecule has 27 heavy (non-hydrogen) atoms. The highest BCUT2D eigenvalue weighted by molar-refractivity contribution is 7.99. The first-order valence-corrected chi connectivity index (χ1v) is 9.24. The van der Waals surface area contributed by atoms with Gasteiger partial charge in [0.05, 0.1) is 28.3 Å². The Hall–Kier alpha value is -3.25. The summed E-state index contributed by atoms with van der Waals surface area (Å²) < 4.78 is 0. The van der Waals surface area contributed by atoms with Crippen LogP contribution in [0.25, 0.3) is 0 Å². The maximum absolute atomic E-state index is 10.9. The molecule has 3 aromatic rings. The van der Waals surface area contributed by atoms with Gasteiger partial charge in [0.2, 0.25) is 0 Å². The first-order valence-electron chi connectivity index (χ1n) is 8.42. The summed E-state index contributed by atoms with van der Waals surface area (Å²) in [4.78, 5) is 13.3. The highest BCUT2D eigenvalue weighted by Crippen LogP contribution is 2.44. The standard InChI is InChI=1S/C21H17N3O2S/c1-13(23-24-16-9-6-14(7-10-16)21(25)26)15-8-11-20-18(12-15)22-17-4-2-3-5-19(17)27-20/h2-12,22,24H,1H3,(H,25,26)/b23-13+. The molecule has 3 N–H and O–H groups in total. The molecule has 1 aliphatic rings. The van der Waals surface area contributed by atoms with Gasteiger partial charge in [-0.05, 0) is 61.0 Å². The highest BCUT2D eigenvalue weighted by Gasteiger charge is 2.15. The second kappa shape index (κ2) is 7.17. The Morgan fingerprint density at radius 3 is 2.44 bits per heavy atom. The third-order valence-corrected chi connectivity index (χ3v) is 5.41. The van der Waals surface area contributed by atoms with E-state index in [0.29, 0.717) is 0 Å². The van der Waals surface area contributed by atoms with Gasteiger partial charge in [-0.2, -0.15) is 5.10 Å². The van der Waals surface area contributed by atoms with Crippen LogP contribution >= 0.6 is 11.8 Å². The van der Waals surface area contributed by atoms with Crippen LogP contribution < -0.4 is 10.7 Å². The number of anilines is 3. The fourth-order valence-corrected chi connectivity index (χ4v) is 3.73. The zero-order chi connectivity index (χ0) is 18.8. The van der Waals surface area contributed by atoms with Crippen molar-refractivity contribution in [3.63, 3.8) is 0 Å². The minimum atomic E-state index is -0.942. The van der Waals surface area contributed by atoms with Gasteiger partial charge >= 0.3 is 5.97 Å². The molecule has 0 atom stereocenters. The third-order valence-electron chi connectivity index (χ3n) is 4.26. The average molecular weight is 375 g/mol. The van der Waals surface area contributed by atoms with Crippen LogP contribution in [0, 0.1) is 0 Å². The molecule has 0 fully saturated rings.